The zero-order valence-electron chi connectivity index (χ0n) is 10.8. The van der Waals surface area contributed by atoms with Crippen molar-refractivity contribution in [1.29, 1.82) is 0 Å². The van der Waals surface area contributed by atoms with Crippen LogP contribution in [0.2, 0.25) is 5.02 Å². The first-order valence-electron chi connectivity index (χ1n) is 6.12. The zero-order chi connectivity index (χ0) is 14.1. The second-order valence-corrected chi connectivity index (χ2v) is 4.97. The molecule has 2 aromatic carbocycles. The molecular weight excluding hydrogens is 274 g/mol. The molecule has 1 heterocycles. The van der Waals surface area contributed by atoms with Crippen LogP contribution in [0, 0.1) is 6.92 Å². The highest BCUT2D eigenvalue weighted by molar-refractivity contribution is 6.30. The van der Waals surface area contributed by atoms with Crippen LogP contribution in [0.4, 0.5) is 0 Å². The van der Waals surface area contributed by atoms with Gasteiger partial charge >= 0.3 is 0 Å². The molecule has 100 valence electrons. The summed E-state index contributed by atoms with van der Waals surface area (Å²) in [7, 11) is 0. The quantitative estimate of drug-likeness (QED) is 0.782. The van der Waals surface area contributed by atoms with Gasteiger partial charge in [-0.3, -0.25) is 0 Å². The molecule has 20 heavy (non-hydrogen) atoms. The summed E-state index contributed by atoms with van der Waals surface area (Å²) < 4.78 is 1.58. The Hall–Kier alpha value is -2.33. The Morgan fingerprint density at radius 1 is 1.15 bits per heavy atom. The Balaban J connectivity index is 2.18. The lowest BCUT2D eigenvalue weighted by Gasteiger charge is -2.09. The molecule has 0 aliphatic carbocycles. The van der Waals surface area contributed by atoms with Crippen LogP contribution in [0.15, 0.2) is 48.7 Å². The molecule has 0 spiro atoms. The standard InChI is InChI=1S/C15H12ClN3O/c1-10-3-2-4-11(7-10)14-9-17-18-19(14)13-8-12(16)5-6-15(13)20/h2-9,20H,1H3. The topological polar surface area (TPSA) is 50.9 Å². The third-order valence-corrected chi connectivity index (χ3v) is 3.26. The number of aromatic nitrogens is 3. The summed E-state index contributed by atoms with van der Waals surface area (Å²) in [5, 5.41) is 18.5. The summed E-state index contributed by atoms with van der Waals surface area (Å²) in [5.41, 5.74) is 3.43. The zero-order valence-corrected chi connectivity index (χ0v) is 11.5. The Labute approximate surface area is 121 Å². The van der Waals surface area contributed by atoms with E-state index in [4.69, 9.17) is 11.6 Å². The first-order valence-corrected chi connectivity index (χ1v) is 6.49. The van der Waals surface area contributed by atoms with E-state index in [1.165, 1.54) is 0 Å². The van der Waals surface area contributed by atoms with Crippen molar-refractivity contribution in [3.8, 4) is 22.7 Å². The molecule has 0 aliphatic heterocycles. The molecule has 4 nitrogen and oxygen atoms in total. The Kier molecular flexibility index (Phi) is 3.16. The average molecular weight is 286 g/mol. The fourth-order valence-corrected chi connectivity index (χ4v) is 2.25. The van der Waals surface area contributed by atoms with E-state index in [1.807, 2.05) is 31.2 Å². The van der Waals surface area contributed by atoms with Gasteiger partial charge < -0.3 is 5.11 Å². The Bertz CT molecular complexity index is 767. The van der Waals surface area contributed by atoms with Crippen molar-refractivity contribution >= 4 is 11.6 Å². The van der Waals surface area contributed by atoms with Gasteiger partial charge in [-0.25, -0.2) is 4.68 Å². The van der Waals surface area contributed by atoms with Gasteiger partial charge in [-0.1, -0.05) is 40.6 Å². The number of phenols is 1. The lowest BCUT2D eigenvalue weighted by Crippen LogP contribution is -2.00. The number of rotatable bonds is 2. The number of nitrogens with zero attached hydrogens (tertiary/aromatic N) is 3. The van der Waals surface area contributed by atoms with Crippen LogP contribution < -0.4 is 0 Å². The monoisotopic (exact) mass is 285 g/mol. The molecule has 0 amide bonds. The lowest BCUT2D eigenvalue weighted by atomic mass is 10.1. The van der Waals surface area contributed by atoms with E-state index >= 15 is 0 Å². The highest BCUT2D eigenvalue weighted by Crippen LogP contribution is 2.29. The molecule has 1 N–H and O–H groups in total. The first-order chi connectivity index (χ1) is 9.65. The third-order valence-electron chi connectivity index (χ3n) is 3.03. The van der Waals surface area contributed by atoms with Crippen molar-refractivity contribution < 1.29 is 5.11 Å². The predicted octanol–water partition coefficient (Wildman–Crippen LogP) is 3.60. The van der Waals surface area contributed by atoms with Crippen LogP contribution in [0.1, 0.15) is 5.56 Å². The summed E-state index contributed by atoms with van der Waals surface area (Å²) in [6.45, 7) is 2.02. The normalized spacial score (nSPS) is 10.7. The minimum atomic E-state index is 0.105. The maximum absolute atomic E-state index is 9.99. The van der Waals surface area contributed by atoms with Crippen molar-refractivity contribution in [2.75, 3.05) is 0 Å². The molecule has 0 unspecified atom stereocenters. The minimum absolute atomic E-state index is 0.105. The summed E-state index contributed by atoms with van der Waals surface area (Å²) in [5.74, 6) is 0.105. The number of aromatic hydroxyl groups is 1. The molecular formula is C15H12ClN3O. The highest BCUT2D eigenvalue weighted by atomic mass is 35.5. The number of hydrogen-bond donors (Lipinski definition) is 1. The molecule has 1 aromatic heterocycles. The number of phenolic OH excluding ortho intramolecular Hbond substituents is 1. The van der Waals surface area contributed by atoms with E-state index in [-0.39, 0.29) is 5.75 Å². The molecule has 0 fully saturated rings. The van der Waals surface area contributed by atoms with Gasteiger partial charge in [-0.2, -0.15) is 0 Å². The van der Waals surface area contributed by atoms with Crippen LogP contribution >= 0.6 is 11.6 Å². The van der Waals surface area contributed by atoms with Crippen LogP contribution in [0.5, 0.6) is 5.75 Å². The van der Waals surface area contributed by atoms with Gasteiger partial charge in [0.05, 0.1) is 11.9 Å². The van der Waals surface area contributed by atoms with Gasteiger partial charge in [0.2, 0.25) is 0 Å². The summed E-state index contributed by atoms with van der Waals surface area (Å²) in [6, 6.07) is 12.8. The molecule has 0 aliphatic rings. The maximum Gasteiger partial charge on any atom is 0.141 e. The van der Waals surface area contributed by atoms with Crippen LogP contribution in [-0.4, -0.2) is 20.1 Å². The molecule has 0 saturated carbocycles. The molecule has 3 aromatic rings. The van der Waals surface area contributed by atoms with Crippen LogP contribution in [0.3, 0.4) is 0 Å². The van der Waals surface area contributed by atoms with E-state index in [9.17, 15) is 5.11 Å². The average Bonchev–Trinajstić information content (AvgIpc) is 2.90. The fraction of sp³-hybridized carbons (Fsp3) is 0.0667. The Morgan fingerprint density at radius 3 is 2.80 bits per heavy atom. The fourth-order valence-electron chi connectivity index (χ4n) is 2.08. The van der Waals surface area contributed by atoms with Crippen molar-refractivity contribution in [2.24, 2.45) is 0 Å². The van der Waals surface area contributed by atoms with Gasteiger partial charge in [-0.05, 0) is 31.2 Å². The second kappa shape index (κ2) is 4.98. The summed E-state index contributed by atoms with van der Waals surface area (Å²) in [6.07, 6.45) is 1.66. The van der Waals surface area contributed by atoms with Crippen molar-refractivity contribution in [3.63, 3.8) is 0 Å². The first kappa shape index (κ1) is 12.7. The third kappa shape index (κ3) is 2.26. The van der Waals surface area contributed by atoms with Gasteiger partial charge in [-0.15, -0.1) is 5.10 Å². The van der Waals surface area contributed by atoms with E-state index in [0.29, 0.717) is 10.7 Å². The van der Waals surface area contributed by atoms with Gasteiger partial charge in [0.1, 0.15) is 11.4 Å². The largest absolute Gasteiger partial charge is 0.506 e. The highest BCUT2D eigenvalue weighted by Gasteiger charge is 2.12. The predicted molar refractivity (Wildman–Crippen MR) is 78.2 cm³/mol. The number of aryl methyl sites for hydroxylation is 1. The number of halogens is 1. The van der Waals surface area contributed by atoms with E-state index in [1.54, 1.807) is 29.1 Å². The number of benzene rings is 2. The SMILES string of the molecule is Cc1cccc(-c2cnnn2-c2cc(Cl)ccc2O)c1. The lowest BCUT2D eigenvalue weighted by molar-refractivity contribution is 0.470. The van der Waals surface area contributed by atoms with Crippen LogP contribution in [-0.2, 0) is 0 Å². The van der Waals surface area contributed by atoms with E-state index in [2.05, 4.69) is 10.3 Å². The molecule has 0 bridgehead atoms. The molecule has 5 heteroatoms. The Morgan fingerprint density at radius 2 is 2.00 bits per heavy atom. The van der Waals surface area contributed by atoms with Crippen LogP contribution in [0.25, 0.3) is 16.9 Å². The van der Waals surface area contributed by atoms with Crippen molar-refractivity contribution in [3.05, 3.63) is 59.2 Å². The van der Waals surface area contributed by atoms with Gasteiger partial charge in [0.25, 0.3) is 0 Å². The van der Waals surface area contributed by atoms with Crippen molar-refractivity contribution in [2.45, 2.75) is 6.92 Å². The number of hydrogen-bond acceptors (Lipinski definition) is 3. The molecule has 0 saturated heterocycles. The molecule has 0 radical (unpaired) electrons. The summed E-state index contributed by atoms with van der Waals surface area (Å²) in [4.78, 5) is 0. The van der Waals surface area contributed by atoms with Gasteiger partial charge in [0.15, 0.2) is 0 Å². The van der Waals surface area contributed by atoms with E-state index < -0.39 is 0 Å². The maximum atomic E-state index is 9.99. The smallest absolute Gasteiger partial charge is 0.141 e. The second-order valence-electron chi connectivity index (χ2n) is 4.53. The summed E-state index contributed by atoms with van der Waals surface area (Å²) >= 11 is 5.98. The van der Waals surface area contributed by atoms with Gasteiger partial charge in [0, 0.05) is 10.6 Å². The molecule has 0 atom stereocenters. The van der Waals surface area contributed by atoms with Crippen molar-refractivity contribution in [1.82, 2.24) is 15.0 Å². The molecule has 3 rings (SSSR count). The van der Waals surface area contributed by atoms with E-state index in [0.717, 1.165) is 16.8 Å². The minimum Gasteiger partial charge on any atom is -0.506 e.